The molecule has 2 rings (SSSR count). The molecule has 0 amide bonds. The highest BCUT2D eigenvalue weighted by Crippen LogP contribution is 2.16. The van der Waals surface area contributed by atoms with Gasteiger partial charge in [0.15, 0.2) is 11.6 Å². The van der Waals surface area contributed by atoms with Gasteiger partial charge in [0.1, 0.15) is 0 Å². The van der Waals surface area contributed by atoms with Crippen molar-refractivity contribution < 1.29 is 13.5 Å². The number of morpholine rings is 1. The van der Waals surface area contributed by atoms with Crippen LogP contribution in [-0.4, -0.2) is 24.8 Å². The zero-order valence-corrected chi connectivity index (χ0v) is 10.1. The minimum absolute atomic E-state index is 0.00938. The molecule has 1 atom stereocenters. The highest BCUT2D eigenvalue weighted by Gasteiger charge is 2.26. The van der Waals surface area contributed by atoms with Gasteiger partial charge < -0.3 is 10.1 Å². The number of benzene rings is 1. The van der Waals surface area contributed by atoms with Gasteiger partial charge in [-0.05, 0) is 38.0 Å². The predicted molar refractivity (Wildman–Crippen MR) is 61.9 cm³/mol. The van der Waals surface area contributed by atoms with E-state index >= 15 is 0 Å². The molecule has 1 aliphatic heterocycles. The van der Waals surface area contributed by atoms with E-state index in [1.54, 1.807) is 6.07 Å². The van der Waals surface area contributed by atoms with Crippen LogP contribution in [0.5, 0.6) is 0 Å². The molecule has 1 heterocycles. The van der Waals surface area contributed by atoms with Crippen molar-refractivity contribution in [2.75, 3.05) is 13.2 Å². The maximum absolute atomic E-state index is 13.0. The lowest BCUT2D eigenvalue weighted by Gasteiger charge is -2.36. The summed E-state index contributed by atoms with van der Waals surface area (Å²) in [5.41, 5.74) is 0.750. The van der Waals surface area contributed by atoms with Crippen LogP contribution in [0.2, 0.25) is 0 Å². The first-order valence-corrected chi connectivity index (χ1v) is 5.77. The largest absolute Gasteiger partial charge is 0.375 e. The van der Waals surface area contributed by atoms with Gasteiger partial charge in [0.05, 0.1) is 12.7 Å². The summed E-state index contributed by atoms with van der Waals surface area (Å²) in [7, 11) is 0. The molecule has 1 aromatic carbocycles. The summed E-state index contributed by atoms with van der Waals surface area (Å²) in [6.45, 7) is 5.49. The Bertz CT molecular complexity index is 396. The molecule has 1 aliphatic rings. The van der Waals surface area contributed by atoms with Crippen LogP contribution in [0.3, 0.4) is 0 Å². The minimum atomic E-state index is -0.808. The molecule has 4 heteroatoms. The molecule has 0 aromatic heterocycles. The van der Waals surface area contributed by atoms with Gasteiger partial charge in [0.2, 0.25) is 0 Å². The van der Waals surface area contributed by atoms with Crippen molar-refractivity contribution in [2.24, 2.45) is 0 Å². The average molecular weight is 241 g/mol. The first kappa shape index (κ1) is 12.5. The molecule has 0 saturated carbocycles. The monoisotopic (exact) mass is 241 g/mol. The number of hydrogen-bond donors (Lipinski definition) is 1. The molecule has 1 N–H and O–H groups in total. The predicted octanol–water partition coefficient (Wildman–Crippen LogP) is 2.27. The van der Waals surface area contributed by atoms with Crippen molar-refractivity contribution in [1.29, 1.82) is 0 Å². The van der Waals surface area contributed by atoms with Crippen molar-refractivity contribution in [3.63, 3.8) is 0 Å². The van der Waals surface area contributed by atoms with Crippen LogP contribution in [0, 0.1) is 11.6 Å². The van der Waals surface area contributed by atoms with Crippen LogP contribution in [0.4, 0.5) is 8.78 Å². The Kier molecular flexibility index (Phi) is 3.45. The van der Waals surface area contributed by atoms with E-state index in [9.17, 15) is 8.78 Å². The number of ether oxygens (including phenoxy) is 1. The molecule has 1 fully saturated rings. The second kappa shape index (κ2) is 4.70. The van der Waals surface area contributed by atoms with Gasteiger partial charge in [-0.2, -0.15) is 0 Å². The molecule has 94 valence electrons. The molecule has 0 aliphatic carbocycles. The van der Waals surface area contributed by atoms with Crippen LogP contribution in [0.15, 0.2) is 18.2 Å². The Morgan fingerprint density at radius 3 is 2.71 bits per heavy atom. The highest BCUT2D eigenvalue weighted by atomic mass is 19.2. The lowest BCUT2D eigenvalue weighted by molar-refractivity contribution is -0.0207. The number of halogens is 2. The summed E-state index contributed by atoms with van der Waals surface area (Å²) < 4.78 is 31.5. The van der Waals surface area contributed by atoms with E-state index in [0.717, 1.165) is 18.2 Å². The van der Waals surface area contributed by atoms with Gasteiger partial charge in [0, 0.05) is 12.1 Å². The standard InChI is InChI=1S/C13H17F2NO/c1-13(2)8-17-10(7-16-13)5-9-3-4-11(14)12(15)6-9/h3-4,6,10,16H,5,7-8H2,1-2H3. The van der Waals surface area contributed by atoms with E-state index in [0.29, 0.717) is 13.0 Å². The van der Waals surface area contributed by atoms with Crippen LogP contribution in [-0.2, 0) is 11.2 Å². The van der Waals surface area contributed by atoms with Crippen LogP contribution in [0.1, 0.15) is 19.4 Å². The summed E-state index contributed by atoms with van der Waals surface area (Å²) >= 11 is 0. The summed E-state index contributed by atoms with van der Waals surface area (Å²) in [5, 5.41) is 3.36. The van der Waals surface area contributed by atoms with E-state index in [-0.39, 0.29) is 11.6 Å². The summed E-state index contributed by atoms with van der Waals surface area (Å²) in [5.74, 6) is -1.61. The number of nitrogens with one attached hydrogen (secondary N) is 1. The third-order valence-electron chi connectivity index (χ3n) is 2.94. The smallest absolute Gasteiger partial charge is 0.159 e. The van der Waals surface area contributed by atoms with Crippen LogP contribution in [0.25, 0.3) is 0 Å². The topological polar surface area (TPSA) is 21.3 Å². The van der Waals surface area contributed by atoms with E-state index in [1.165, 1.54) is 6.07 Å². The SMILES string of the molecule is CC1(C)COC(Cc2ccc(F)c(F)c2)CN1. The minimum Gasteiger partial charge on any atom is -0.375 e. The van der Waals surface area contributed by atoms with Gasteiger partial charge in [-0.1, -0.05) is 6.07 Å². The molecule has 2 nitrogen and oxygen atoms in total. The number of hydrogen-bond acceptors (Lipinski definition) is 2. The molecular formula is C13H17F2NO. The van der Waals surface area contributed by atoms with Gasteiger partial charge in [-0.3, -0.25) is 0 Å². The molecule has 0 radical (unpaired) electrons. The van der Waals surface area contributed by atoms with E-state index in [1.807, 2.05) is 0 Å². The zero-order chi connectivity index (χ0) is 12.5. The fourth-order valence-electron chi connectivity index (χ4n) is 1.89. The molecular weight excluding hydrogens is 224 g/mol. The van der Waals surface area contributed by atoms with Crippen LogP contribution < -0.4 is 5.32 Å². The van der Waals surface area contributed by atoms with Crippen molar-refractivity contribution in [3.05, 3.63) is 35.4 Å². The van der Waals surface area contributed by atoms with Crippen molar-refractivity contribution in [2.45, 2.75) is 31.9 Å². The molecule has 0 spiro atoms. The van der Waals surface area contributed by atoms with Crippen molar-refractivity contribution >= 4 is 0 Å². The Morgan fingerprint density at radius 2 is 2.12 bits per heavy atom. The summed E-state index contributed by atoms with van der Waals surface area (Å²) in [4.78, 5) is 0. The third-order valence-corrected chi connectivity index (χ3v) is 2.94. The first-order chi connectivity index (χ1) is 7.96. The van der Waals surface area contributed by atoms with E-state index in [4.69, 9.17) is 4.74 Å². The fraction of sp³-hybridized carbons (Fsp3) is 0.538. The molecule has 1 saturated heterocycles. The third kappa shape index (κ3) is 3.23. The quantitative estimate of drug-likeness (QED) is 0.857. The van der Waals surface area contributed by atoms with Crippen LogP contribution >= 0.6 is 0 Å². The Hall–Kier alpha value is -1.00. The van der Waals surface area contributed by atoms with E-state index in [2.05, 4.69) is 19.2 Å². The summed E-state index contributed by atoms with van der Waals surface area (Å²) in [6.07, 6.45) is 0.619. The lowest BCUT2D eigenvalue weighted by Crippen LogP contribution is -2.53. The highest BCUT2D eigenvalue weighted by molar-refractivity contribution is 5.18. The normalized spacial score (nSPS) is 23.6. The van der Waals surface area contributed by atoms with Crippen molar-refractivity contribution in [3.8, 4) is 0 Å². The molecule has 1 aromatic rings. The van der Waals surface area contributed by atoms with Gasteiger partial charge in [-0.15, -0.1) is 0 Å². The van der Waals surface area contributed by atoms with Gasteiger partial charge >= 0.3 is 0 Å². The Balaban J connectivity index is 1.95. The van der Waals surface area contributed by atoms with Crippen molar-refractivity contribution in [1.82, 2.24) is 5.32 Å². The molecule has 1 unspecified atom stereocenters. The van der Waals surface area contributed by atoms with Gasteiger partial charge in [0.25, 0.3) is 0 Å². The van der Waals surface area contributed by atoms with E-state index < -0.39 is 11.6 Å². The Labute approximate surface area is 100.0 Å². The zero-order valence-electron chi connectivity index (χ0n) is 10.1. The average Bonchev–Trinajstić information content (AvgIpc) is 2.27. The first-order valence-electron chi connectivity index (χ1n) is 5.77. The molecule has 0 bridgehead atoms. The fourth-order valence-corrected chi connectivity index (χ4v) is 1.89. The summed E-state index contributed by atoms with van der Waals surface area (Å²) in [6, 6.07) is 3.99. The molecule has 17 heavy (non-hydrogen) atoms. The number of rotatable bonds is 2. The lowest BCUT2D eigenvalue weighted by atomic mass is 10.0. The Morgan fingerprint density at radius 1 is 1.35 bits per heavy atom. The maximum Gasteiger partial charge on any atom is 0.159 e. The second-order valence-corrected chi connectivity index (χ2v) is 5.15. The van der Waals surface area contributed by atoms with Gasteiger partial charge in [-0.25, -0.2) is 8.78 Å². The maximum atomic E-state index is 13.0. The second-order valence-electron chi connectivity index (χ2n) is 5.15.